The standard InChI is InChI=1S/C13H12N4OS/c14-8-10-7-9(4-5-15-10)13-16-12(17-18-13)11-3-1-2-6-19-11/h4-5,7,11H,1-3,6H2. The lowest BCUT2D eigenvalue weighted by Gasteiger charge is -2.17. The number of pyridine rings is 1. The van der Waals surface area contributed by atoms with Crippen molar-refractivity contribution >= 4 is 11.8 Å². The van der Waals surface area contributed by atoms with Crippen LogP contribution in [0.5, 0.6) is 0 Å². The molecular weight excluding hydrogens is 260 g/mol. The molecular formula is C13H12N4OS. The maximum atomic E-state index is 8.84. The summed E-state index contributed by atoms with van der Waals surface area (Å²) in [7, 11) is 0. The van der Waals surface area contributed by atoms with Crippen LogP contribution in [-0.4, -0.2) is 20.9 Å². The Morgan fingerprint density at radius 1 is 1.42 bits per heavy atom. The van der Waals surface area contributed by atoms with Crippen LogP contribution in [0.2, 0.25) is 0 Å². The number of hydrogen-bond donors (Lipinski definition) is 0. The summed E-state index contributed by atoms with van der Waals surface area (Å²) in [4.78, 5) is 8.37. The quantitative estimate of drug-likeness (QED) is 0.836. The van der Waals surface area contributed by atoms with Crippen LogP contribution in [0, 0.1) is 11.3 Å². The molecule has 0 saturated carbocycles. The molecule has 6 heteroatoms. The molecule has 3 rings (SSSR count). The van der Waals surface area contributed by atoms with Crippen molar-refractivity contribution in [3.05, 3.63) is 29.8 Å². The predicted octanol–water partition coefficient (Wildman–Crippen LogP) is 2.96. The van der Waals surface area contributed by atoms with Gasteiger partial charge in [-0.15, -0.1) is 0 Å². The Bertz CT molecular complexity index is 613. The fraction of sp³-hybridized carbons (Fsp3) is 0.385. The lowest BCUT2D eigenvalue weighted by atomic mass is 10.2. The van der Waals surface area contributed by atoms with Gasteiger partial charge in [0.2, 0.25) is 0 Å². The average molecular weight is 272 g/mol. The zero-order valence-corrected chi connectivity index (χ0v) is 11.1. The molecule has 3 heterocycles. The van der Waals surface area contributed by atoms with E-state index in [-0.39, 0.29) is 0 Å². The van der Waals surface area contributed by atoms with Gasteiger partial charge in [0.15, 0.2) is 5.82 Å². The molecule has 0 bridgehead atoms. The molecule has 0 aliphatic carbocycles. The van der Waals surface area contributed by atoms with Crippen LogP contribution in [0.4, 0.5) is 0 Å². The van der Waals surface area contributed by atoms with Gasteiger partial charge in [-0.25, -0.2) is 4.98 Å². The first-order chi connectivity index (χ1) is 9.36. The zero-order chi connectivity index (χ0) is 13.1. The van der Waals surface area contributed by atoms with Crippen LogP contribution in [0.3, 0.4) is 0 Å². The zero-order valence-electron chi connectivity index (χ0n) is 10.2. The van der Waals surface area contributed by atoms with Crippen molar-refractivity contribution in [1.29, 1.82) is 5.26 Å². The number of hydrogen-bond acceptors (Lipinski definition) is 6. The third-order valence-corrected chi connectivity index (χ3v) is 4.40. The normalized spacial score (nSPS) is 19.0. The van der Waals surface area contributed by atoms with Crippen LogP contribution in [0.25, 0.3) is 11.5 Å². The van der Waals surface area contributed by atoms with Gasteiger partial charge in [0, 0.05) is 11.8 Å². The highest BCUT2D eigenvalue weighted by atomic mass is 32.2. The fourth-order valence-corrected chi connectivity index (χ4v) is 3.29. The number of rotatable bonds is 2. The van der Waals surface area contributed by atoms with Crippen LogP contribution >= 0.6 is 11.8 Å². The second kappa shape index (κ2) is 5.41. The lowest BCUT2D eigenvalue weighted by Crippen LogP contribution is -2.03. The summed E-state index contributed by atoms with van der Waals surface area (Å²) in [5, 5.41) is 13.2. The highest BCUT2D eigenvalue weighted by molar-refractivity contribution is 7.99. The van der Waals surface area contributed by atoms with Crippen LogP contribution in [0.1, 0.15) is 36.0 Å². The third kappa shape index (κ3) is 2.61. The molecule has 2 aromatic rings. The minimum atomic E-state index is 0.337. The van der Waals surface area contributed by atoms with Gasteiger partial charge in [0.25, 0.3) is 5.89 Å². The monoisotopic (exact) mass is 272 g/mol. The number of nitriles is 1. The highest BCUT2D eigenvalue weighted by Crippen LogP contribution is 2.37. The SMILES string of the molecule is N#Cc1cc(-c2nc(C3CCCCS3)no2)ccn1. The molecule has 19 heavy (non-hydrogen) atoms. The van der Waals surface area contributed by atoms with Gasteiger partial charge < -0.3 is 4.52 Å². The maximum absolute atomic E-state index is 8.84. The summed E-state index contributed by atoms with van der Waals surface area (Å²) in [5.74, 6) is 2.37. The van der Waals surface area contributed by atoms with Crippen molar-refractivity contribution in [3.63, 3.8) is 0 Å². The van der Waals surface area contributed by atoms with E-state index >= 15 is 0 Å². The fourth-order valence-electron chi connectivity index (χ4n) is 2.05. The van der Waals surface area contributed by atoms with Crippen molar-refractivity contribution in [1.82, 2.24) is 15.1 Å². The Labute approximate surface area is 115 Å². The highest BCUT2D eigenvalue weighted by Gasteiger charge is 2.21. The van der Waals surface area contributed by atoms with Crippen molar-refractivity contribution in [2.24, 2.45) is 0 Å². The van der Waals surface area contributed by atoms with Gasteiger partial charge in [-0.1, -0.05) is 11.6 Å². The van der Waals surface area contributed by atoms with Gasteiger partial charge in [0.05, 0.1) is 5.25 Å². The Balaban J connectivity index is 1.86. The molecule has 1 aliphatic rings. The first-order valence-electron chi connectivity index (χ1n) is 6.18. The molecule has 0 N–H and O–H groups in total. The molecule has 0 spiro atoms. The predicted molar refractivity (Wildman–Crippen MR) is 71.3 cm³/mol. The lowest BCUT2D eigenvalue weighted by molar-refractivity contribution is 0.420. The van der Waals surface area contributed by atoms with Crippen LogP contribution < -0.4 is 0 Å². The van der Waals surface area contributed by atoms with Gasteiger partial charge in [-0.3, -0.25) is 0 Å². The largest absolute Gasteiger partial charge is 0.334 e. The molecule has 1 fully saturated rings. The Morgan fingerprint density at radius 2 is 2.37 bits per heavy atom. The Morgan fingerprint density at radius 3 is 3.16 bits per heavy atom. The second-order valence-electron chi connectivity index (χ2n) is 4.35. The summed E-state index contributed by atoms with van der Waals surface area (Å²) in [5.41, 5.74) is 1.09. The van der Waals surface area contributed by atoms with E-state index < -0.39 is 0 Å². The molecule has 0 aromatic carbocycles. The molecule has 1 saturated heterocycles. The van der Waals surface area contributed by atoms with Gasteiger partial charge in [-0.2, -0.15) is 22.0 Å². The Hall–Kier alpha value is -1.87. The van der Waals surface area contributed by atoms with E-state index in [2.05, 4.69) is 15.1 Å². The van der Waals surface area contributed by atoms with E-state index in [1.807, 2.05) is 17.8 Å². The van der Waals surface area contributed by atoms with Crippen LogP contribution in [-0.2, 0) is 0 Å². The molecule has 1 unspecified atom stereocenters. The summed E-state index contributed by atoms with van der Waals surface area (Å²) < 4.78 is 5.29. The van der Waals surface area contributed by atoms with Crippen molar-refractivity contribution in [3.8, 4) is 17.5 Å². The van der Waals surface area contributed by atoms with E-state index in [1.165, 1.54) is 12.8 Å². The van der Waals surface area contributed by atoms with Crippen molar-refractivity contribution < 1.29 is 4.52 Å². The molecule has 5 nitrogen and oxygen atoms in total. The average Bonchev–Trinajstić information content (AvgIpc) is 2.98. The van der Waals surface area contributed by atoms with E-state index in [0.717, 1.165) is 23.6 Å². The summed E-state index contributed by atoms with van der Waals surface area (Å²) in [6, 6.07) is 5.43. The van der Waals surface area contributed by atoms with E-state index in [0.29, 0.717) is 16.8 Å². The van der Waals surface area contributed by atoms with Gasteiger partial charge >= 0.3 is 0 Å². The smallest absolute Gasteiger partial charge is 0.258 e. The Kier molecular flexibility index (Phi) is 3.47. The molecule has 96 valence electrons. The minimum Gasteiger partial charge on any atom is -0.334 e. The third-order valence-electron chi connectivity index (χ3n) is 3.03. The van der Waals surface area contributed by atoms with Gasteiger partial charge in [0.1, 0.15) is 11.8 Å². The summed E-state index contributed by atoms with van der Waals surface area (Å²) in [6.07, 6.45) is 5.16. The minimum absolute atomic E-state index is 0.337. The van der Waals surface area contributed by atoms with Crippen molar-refractivity contribution in [2.75, 3.05) is 5.75 Å². The second-order valence-corrected chi connectivity index (χ2v) is 5.67. The first kappa shape index (κ1) is 12.2. The van der Waals surface area contributed by atoms with Crippen molar-refractivity contribution in [2.45, 2.75) is 24.5 Å². The van der Waals surface area contributed by atoms with Gasteiger partial charge in [-0.05, 0) is 30.7 Å². The van der Waals surface area contributed by atoms with Crippen LogP contribution in [0.15, 0.2) is 22.9 Å². The molecule has 0 radical (unpaired) electrons. The molecule has 1 aliphatic heterocycles. The number of aromatic nitrogens is 3. The molecule has 0 amide bonds. The summed E-state index contributed by atoms with van der Waals surface area (Å²) in [6.45, 7) is 0. The number of thioether (sulfide) groups is 1. The summed E-state index contributed by atoms with van der Waals surface area (Å²) >= 11 is 1.88. The van der Waals surface area contributed by atoms with E-state index in [9.17, 15) is 0 Å². The first-order valence-corrected chi connectivity index (χ1v) is 7.23. The van der Waals surface area contributed by atoms with E-state index in [4.69, 9.17) is 9.78 Å². The topological polar surface area (TPSA) is 75.6 Å². The molecule has 1 atom stereocenters. The number of nitrogens with zero attached hydrogens (tertiary/aromatic N) is 4. The van der Waals surface area contributed by atoms with E-state index in [1.54, 1.807) is 18.3 Å². The maximum Gasteiger partial charge on any atom is 0.258 e. The molecule has 2 aromatic heterocycles.